The lowest BCUT2D eigenvalue weighted by molar-refractivity contribution is 0.0926. The maximum absolute atomic E-state index is 12.7. The van der Waals surface area contributed by atoms with E-state index >= 15 is 0 Å². The molecule has 1 N–H and O–H groups in total. The highest BCUT2D eigenvalue weighted by Gasteiger charge is 2.37. The van der Waals surface area contributed by atoms with Crippen LogP contribution in [0.25, 0.3) is 0 Å². The van der Waals surface area contributed by atoms with Crippen LogP contribution in [0, 0.1) is 6.92 Å². The van der Waals surface area contributed by atoms with Crippen molar-refractivity contribution in [3.63, 3.8) is 0 Å². The van der Waals surface area contributed by atoms with E-state index in [0.717, 1.165) is 16.2 Å². The molecule has 0 aliphatic carbocycles. The Bertz CT molecular complexity index is 1250. The number of halogens is 2. The van der Waals surface area contributed by atoms with Gasteiger partial charge in [0.1, 0.15) is 4.21 Å². The standard InChI is InChI=1S/C19H12Cl2N2O4S2/c1-10-8-14(22-29(26,27)17-7-6-16(21)28-17)13(20)9-15(10)23-18(24)11-4-2-3-5-12(11)19(23)25/h2-9,22H,1H3. The lowest BCUT2D eigenvalue weighted by Crippen LogP contribution is -2.30. The summed E-state index contributed by atoms with van der Waals surface area (Å²) in [5, 5.41) is 0.0494. The number of benzene rings is 2. The maximum atomic E-state index is 12.7. The quantitative estimate of drug-likeness (QED) is 0.550. The van der Waals surface area contributed by atoms with Crippen molar-refractivity contribution in [2.24, 2.45) is 0 Å². The van der Waals surface area contributed by atoms with Crippen LogP contribution in [0.4, 0.5) is 11.4 Å². The van der Waals surface area contributed by atoms with Crippen molar-refractivity contribution < 1.29 is 18.0 Å². The molecule has 2 amide bonds. The third kappa shape index (κ3) is 3.42. The number of rotatable bonds is 4. The van der Waals surface area contributed by atoms with Crippen LogP contribution < -0.4 is 9.62 Å². The Morgan fingerprint density at radius 1 is 0.966 bits per heavy atom. The van der Waals surface area contributed by atoms with E-state index in [9.17, 15) is 18.0 Å². The third-order valence-electron chi connectivity index (χ3n) is 4.38. The molecular formula is C19H12Cl2N2O4S2. The minimum Gasteiger partial charge on any atom is -0.277 e. The van der Waals surface area contributed by atoms with Crippen LogP contribution in [-0.2, 0) is 10.0 Å². The molecule has 6 nitrogen and oxygen atoms in total. The van der Waals surface area contributed by atoms with Crippen LogP contribution in [0.2, 0.25) is 9.36 Å². The van der Waals surface area contributed by atoms with Gasteiger partial charge >= 0.3 is 0 Å². The highest BCUT2D eigenvalue weighted by molar-refractivity contribution is 7.94. The van der Waals surface area contributed by atoms with Gasteiger partial charge in [0.05, 0.1) is 31.9 Å². The molecule has 2 aromatic carbocycles. The Balaban J connectivity index is 1.70. The zero-order chi connectivity index (χ0) is 20.9. The summed E-state index contributed by atoms with van der Waals surface area (Å²) in [5.74, 6) is -0.905. The number of hydrogen-bond donors (Lipinski definition) is 1. The molecule has 0 radical (unpaired) electrons. The SMILES string of the molecule is Cc1cc(NS(=O)(=O)c2ccc(Cl)s2)c(Cl)cc1N1C(=O)c2ccccc2C1=O. The number of aryl methyl sites for hydroxylation is 1. The second kappa shape index (κ2) is 7.14. The molecule has 29 heavy (non-hydrogen) atoms. The van der Waals surface area contributed by atoms with E-state index in [1.165, 1.54) is 24.3 Å². The molecule has 1 aromatic heterocycles. The lowest BCUT2D eigenvalue weighted by atomic mass is 10.1. The molecule has 0 saturated heterocycles. The van der Waals surface area contributed by atoms with Crippen molar-refractivity contribution in [2.45, 2.75) is 11.1 Å². The Hall–Kier alpha value is -2.39. The molecule has 10 heteroatoms. The first-order chi connectivity index (χ1) is 13.7. The van der Waals surface area contributed by atoms with Gasteiger partial charge in [-0.05, 0) is 48.9 Å². The third-order valence-corrected chi connectivity index (χ3v) is 7.78. The van der Waals surface area contributed by atoms with Crippen LogP contribution in [0.1, 0.15) is 26.3 Å². The van der Waals surface area contributed by atoms with Crippen molar-refractivity contribution in [3.8, 4) is 0 Å². The van der Waals surface area contributed by atoms with Crippen molar-refractivity contribution in [1.82, 2.24) is 0 Å². The van der Waals surface area contributed by atoms with Gasteiger partial charge in [-0.2, -0.15) is 0 Å². The Morgan fingerprint density at radius 3 is 2.14 bits per heavy atom. The molecule has 0 spiro atoms. The summed E-state index contributed by atoms with van der Waals surface area (Å²) in [5.41, 5.74) is 1.56. The largest absolute Gasteiger partial charge is 0.277 e. The average molecular weight is 467 g/mol. The molecule has 0 atom stereocenters. The normalized spacial score (nSPS) is 13.7. The Morgan fingerprint density at radius 2 is 1.59 bits per heavy atom. The van der Waals surface area contributed by atoms with E-state index in [2.05, 4.69) is 4.72 Å². The minimum absolute atomic E-state index is 0.0423. The predicted molar refractivity (Wildman–Crippen MR) is 114 cm³/mol. The number of carbonyl (C=O) groups excluding carboxylic acids is 2. The molecule has 0 unspecified atom stereocenters. The highest BCUT2D eigenvalue weighted by atomic mass is 35.5. The van der Waals surface area contributed by atoms with Gasteiger partial charge in [0.25, 0.3) is 21.8 Å². The van der Waals surface area contributed by atoms with Gasteiger partial charge in [0, 0.05) is 0 Å². The van der Waals surface area contributed by atoms with Gasteiger partial charge in [0.15, 0.2) is 0 Å². The zero-order valence-corrected chi connectivity index (χ0v) is 17.9. The molecular weight excluding hydrogens is 455 g/mol. The fraction of sp³-hybridized carbons (Fsp3) is 0.0526. The van der Waals surface area contributed by atoms with Crippen molar-refractivity contribution in [3.05, 3.63) is 74.6 Å². The van der Waals surface area contributed by atoms with Crippen LogP contribution in [0.15, 0.2) is 52.7 Å². The van der Waals surface area contributed by atoms with Crippen LogP contribution in [0.3, 0.4) is 0 Å². The molecule has 2 heterocycles. The number of imide groups is 1. The summed E-state index contributed by atoms with van der Waals surface area (Å²) in [7, 11) is -3.88. The van der Waals surface area contributed by atoms with E-state index < -0.39 is 21.8 Å². The molecule has 1 aliphatic heterocycles. The van der Waals surface area contributed by atoms with Gasteiger partial charge in [-0.3, -0.25) is 14.3 Å². The average Bonchev–Trinajstić information content (AvgIpc) is 3.21. The predicted octanol–water partition coefficient (Wildman–Crippen LogP) is 4.96. The van der Waals surface area contributed by atoms with E-state index in [-0.39, 0.29) is 14.9 Å². The fourth-order valence-electron chi connectivity index (χ4n) is 3.04. The molecule has 4 rings (SSSR count). The topological polar surface area (TPSA) is 83.6 Å². The molecule has 148 valence electrons. The molecule has 1 aliphatic rings. The number of carbonyl (C=O) groups is 2. The highest BCUT2D eigenvalue weighted by Crippen LogP contribution is 2.37. The first kappa shape index (κ1) is 19.9. The number of nitrogens with one attached hydrogen (secondary N) is 1. The van der Waals surface area contributed by atoms with Crippen LogP contribution >= 0.6 is 34.5 Å². The van der Waals surface area contributed by atoms with Crippen molar-refractivity contribution in [1.29, 1.82) is 0 Å². The molecule has 3 aromatic rings. The van der Waals surface area contributed by atoms with Crippen molar-refractivity contribution in [2.75, 3.05) is 9.62 Å². The van der Waals surface area contributed by atoms with E-state index in [1.54, 1.807) is 31.2 Å². The maximum Gasteiger partial charge on any atom is 0.271 e. The number of hydrogen-bond acceptors (Lipinski definition) is 5. The first-order valence-corrected chi connectivity index (χ1v) is 11.3. The van der Waals surface area contributed by atoms with Crippen LogP contribution in [0.5, 0.6) is 0 Å². The summed E-state index contributed by atoms with van der Waals surface area (Å²) in [6.07, 6.45) is 0. The summed E-state index contributed by atoms with van der Waals surface area (Å²) in [6.45, 7) is 1.66. The van der Waals surface area contributed by atoms with E-state index in [4.69, 9.17) is 23.2 Å². The molecule has 0 fully saturated rings. The van der Waals surface area contributed by atoms with Gasteiger partial charge in [-0.25, -0.2) is 13.3 Å². The number of thiophene rings is 1. The number of nitrogens with zero attached hydrogens (tertiary/aromatic N) is 1. The summed E-state index contributed by atoms with van der Waals surface area (Å²) in [4.78, 5) is 26.5. The van der Waals surface area contributed by atoms with Gasteiger partial charge in [-0.15, -0.1) is 11.3 Å². The summed E-state index contributed by atoms with van der Waals surface area (Å²) < 4.78 is 27.9. The Kier molecular flexibility index (Phi) is 4.90. The number of fused-ring (bicyclic) bond motifs is 1. The number of amides is 2. The van der Waals surface area contributed by atoms with Crippen molar-refractivity contribution >= 4 is 67.8 Å². The van der Waals surface area contributed by atoms with Gasteiger partial charge < -0.3 is 0 Å². The Labute approximate surface area is 180 Å². The molecule has 0 saturated carbocycles. The van der Waals surface area contributed by atoms with Gasteiger partial charge in [0.2, 0.25) is 0 Å². The minimum atomic E-state index is -3.88. The number of sulfonamides is 1. The van der Waals surface area contributed by atoms with E-state index in [0.29, 0.717) is 26.7 Å². The van der Waals surface area contributed by atoms with Crippen LogP contribution in [-0.4, -0.2) is 20.2 Å². The van der Waals surface area contributed by atoms with Gasteiger partial charge in [-0.1, -0.05) is 35.3 Å². The first-order valence-electron chi connectivity index (χ1n) is 8.25. The summed E-state index contributed by atoms with van der Waals surface area (Å²) in [6, 6.07) is 12.3. The second-order valence-electron chi connectivity index (χ2n) is 6.27. The monoisotopic (exact) mass is 466 g/mol. The molecule has 0 bridgehead atoms. The number of anilines is 2. The van der Waals surface area contributed by atoms with E-state index in [1.807, 2.05) is 0 Å². The lowest BCUT2D eigenvalue weighted by Gasteiger charge is -2.19. The zero-order valence-electron chi connectivity index (χ0n) is 14.8. The fourth-order valence-corrected chi connectivity index (χ4v) is 5.85. The summed E-state index contributed by atoms with van der Waals surface area (Å²) >= 11 is 13.0. The smallest absolute Gasteiger partial charge is 0.271 e. The second-order valence-corrected chi connectivity index (χ2v) is 10.3.